The van der Waals surface area contributed by atoms with Gasteiger partial charge in [-0.15, -0.1) is 0 Å². The Balaban J connectivity index is 1.86. The van der Waals surface area contributed by atoms with Crippen LogP contribution in [0.4, 0.5) is 37.7 Å². The normalized spacial score (nSPS) is 22.1. The van der Waals surface area contributed by atoms with E-state index in [-0.39, 0.29) is 24.2 Å². The zero-order chi connectivity index (χ0) is 26.6. The third-order valence-corrected chi connectivity index (χ3v) is 7.95. The number of fused-ring (bicyclic) bond motifs is 2. The van der Waals surface area contributed by atoms with E-state index < -0.39 is 42.3 Å². The van der Waals surface area contributed by atoms with Crippen LogP contribution in [0.15, 0.2) is 45.3 Å². The maximum Gasteiger partial charge on any atom is 0.416 e. The minimum absolute atomic E-state index is 0.129. The molecule has 4 atom stereocenters. The number of Topliss-reactive ketones (excluding diaryl/α,β-unsaturated/α-hetero) is 1. The molecule has 36 heavy (non-hydrogen) atoms. The monoisotopic (exact) mass is 640 g/mol. The lowest BCUT2D eigenvalue weighted by Crippen LogP contribution is -2.65. The van der Waals surface area contributed by atoms with Crippen LogP contribution in [-0.4, -0.2) is 42.3 Å². The summed E-state index contributed by atoms with van der Waals surface area (Å²) < 4.78 is 88.9. The summed E-state index contributed by atoms with van der Waals surface area (Å²) in [6.07, 6.45) is -8.98. The Morgan fingerprint density at radius 2 is 1.14 bits per heavy atom. The standard InChI is InChI=1S/C25H24Br2F6N2O/c1-13-3-5-15-11-17(26)7-9-19(15)34(13)22(24(28,29)30)21(36)23(25(31,32)33)35-14(2)4-6-16-12-18(27)8-10-20(16)35/h7-14,22-23H,3-6H2,1-2H3. The summed E-state index contributed by atoms with van der Waals surface area (Å²) in [4.78, 5) is 15.3. The van der Waals surface area contributed by atoms with Crippen molar-refractivity contribution in [2.24, 2.45) is 0 Å². The highest BCUT2D eigenvalue weighted by atomic mass is 79.9. The maximum atomic E-state index is 14.6. The van der Waals surface area contributed by atoms with E-state index in [2.05, 4.69) is 31.9 Å². The van der Waals surface area contributed by atoms with Gasteiger partial charge in [-0.1, -0.05) is 31.9 Å². The number of aryl methyl sites for hydroxylation is 2. The Labute approximate surface area is 222 Å². The van der Waals surface area contributed by atoms with Crippen molar-refractivity contribution < 1.29 is 31.1 Å². The van der Waals surface area contributed by atoms with Gasteiger partial charge in [0.2, 0.25) is 0 Å². The summed E-state index contributed by atoms with van der Waals surface area (Å²) in [7, 11) is 0. The van der Waals surface area contributed by atoms with Crippen LogP contribution in [-0.2, 0) is 17.6 Å². The third kappa shape index (κ3) is 5.14. The van der Waals surface area contributed by atoms with Crippen LogP contribution in [0.1, 0.15) is 37.8 Å². The van der Waals surface area contributed by atoms with Gasteiger partial charge in [-0.05, 0) is 87.1 Å². The van der Waals surface area contributed by atoms with E-state index in [0.717, 1.165) is 9.80 Å². The number of benzene rings is 2. The number of ketones is 1. The lowest BCUT2D eigenvalue weighted by Gasteiger charge is -2.47. The van der Waals surface area contributed by atoms with Gasteiger partial charge >= 0.3 is 12.4 Å². The minimum atomic E-state index is -5.22. The molecule has 0 fully saturated rings. The number of carbonyl (C=O) groups is 1. The highest BCUT2D eigenvalue weighted by molar-refractivity contribution is 9.10. The molecule has 2 heterocycles. The van der Waals surface area contributed by atoms with Crippen molar-refractivity contribution in [3.63, 3.8) is 0 Å². The Bertz CT molecular complexity index is 1060. The molecule has 2 aliphatic rings. The molecule has 196 valence electrons. The molecule has 0 N–H and O–H groups in total. The summed E-state index contributed by atoms with van der Waals surface area (Å²) >= 11 is 6.59. The molecule has 0 bridgehead atoms. The van der Waals surface area contributed by atoms with Crippen LogP contribution >= 0.6 is 31.9 Å². The van der Waals surface area contributed by atoms with Crippen LogP contribution in [0.25, 0.3) is 0 Å². The second kappa shape index (κ2) is 9.85. The molecule has 0 aromatic heterocycles. The number of hydrogen-bond acceptors (Lipinski definition) is 3. The predicted octanol–water partition coefficient (Wildman–Crippen LogP) is 7.62. The molecule has 11 heteroatoms. The zero-order valence-corrected chi connectivity index (χ0v) is 22.6. The van der Waals surface area contributed by atoms with Crippen molar-refractivity contribution in [1.82, 2.24) is 0 Å². The van der Waals surface area contributed by atoms with Gasteiger partial charge in [-0.2, -0.15) is 26.3 Å². The summed E-state index contributed by atoms with van der Waals surface area (Å²) in [5.41, 5.74) is 1.36. The van der Waals surface area contributed by atoms with Gasteiger partial charge in [0.25, 0.3) is 0 Å². The smallest absolute Gasteiger partial charge is 0.351 e. The first-order chi connectivity index (χ1) is 16.7. The molecule has 2 aliphatic heterocycles. The van der Waals surface area contributed by atoms with Crippen molar-refractivity contribution in [3.05, 3.63) is 56.5 Å². The highest BCUT2D eigenvalue weighted by Gasteiger charge is 2.60. The second-order valence-corrected chi connectivity index (χ2v) is 11.3. The summed E-state index contributed by atoms with van der Waals surface area (Å²) in [5.74, 6) is -1.92. The minimum Gasteiger partial charge on any atom is -0.351 e. The van der Waals surface area contributed by atoms with Gasteiger partial charge in [-0.25, -0.2) is 0 Å². The number of hydrogen-bond donors (Lipinski definition) is 0. The molecule has 0 saturated heterocycles. The molecule has 0 aliphatic carbocycles. The van der Waals surface area contributed by atoms with Crippen molar-refractivity contribution in [2.45, 2.75) is 76.1 Å². The number of alkyl halides is 6. The van der Waals surface area contributed by atoms with E-state index in [1.54, 1.807) is 12.1 Å². The molecule has 3 nitrogen and oxygen atoms in total. The van der Waals surface area contributed by atoms with E-state index in [4.69, 9.17) is 0 Å². The van der Waals surface area contributed by atoms with E-state index >= 15 is 0 Å². The zero-order valence-electron chi connectivity index (χ0n) is 19.4. The third-order valence-electron chi connectivity index (χ3n) is 6.97. The molecular formula is C25H24Br2F6N2O. The van der Waals surface area contributed by atoms with Gasteiger partial charge in [0.1, 0.15) is 0 Å². The largest absolute Gasteiger partial charge is 0.416 e. The lowest BCUT2D eigenvalue weighted by molar-refractivity contribution is -0.183. The number of anilines is 2. The predicted molar refractivity (Wildman–Crippen MR) is 134 cm³/mol. The first kappa shape index (κ1) is 27.3. The van der Waals surface area contributed by atoms with Crippen molar-refractivity contribution in [1.29, 1.82) is 0 Å². The summed E-state index contributed by atoms with van der Waals surface area (Å²) in [6, 6.07) is 1.74. The molecule has 2 aromatic rings. The average Bonchev–Trinajstić information content (AvgIpc) is 2.75. The lowest BCUT2D eigenvalue weighted by atomic mass is 9.89. The van der Waals surface area contributed by atoms with Crippen LogP contribution in [0.5, 0.6) is 0 Å². The number of carbonyl (C=O) groups excluding carboxylic acids is 1. The number of nitrogens with zero attached hydrogens (tertiary/aromatic N) is 2. The summed E-state index contributed by atoms with van der Waals surface area (Å²) in [5, 5.41) is 0. The Hall–Kier alpha value is -1.75. The molecule has 0 amide bonds. The molecule has 4 unspecified atom stereocenters. The molecule has 0 radical (unpaired) electrons. The topological polar surface area (TPSA) is 23.6 Å². The van der Waals surface area contributed by atoms with E-state index in [1.807, 2.05) is 0 Å². The van der Waals surface area contributed by atoms with E-state index in [0.29, 0.717) is 32.9 Å². The maximum absolute atomic E-state index is 14.6. The second-order valence-electron chi connectivity index (χ2n) is 9.43. The van der Waals surface area contributed by atoms with Crippen LogP contribution in [0.3, 0.4) is 0 Å². The molecule has 4 rings (SSSR count). The van der Waals surface area contributed by atoms with Crippen LogP contribution < -0.4 is 9.80 Å². The van der Waals surface area contributed by atoms with E-state index in [9.17, 15) is 31.1 Å². The summed E-state index contributed by atoms with van der Waals surface area (Å²) in [6.45, 7) is 3.02. The Kier molecular flexibility index (Phi) is 7.47. The van der Waals surface area contributed by atoms with Crippen molar-refractivity contribution >= 4 is 49.0 Å². The Morgan fingerprint density at radius 1 is 0.778 bits per heavy atom. The van der Waals surface area contributed by atoms with Crippen molar-refractivity contribution in [3.8, 4) is 0 Å². The fourth-order valence-electron chi connectivity index (χ4n) is 5.34. The van der Waals surface area contributed by atoms with E-state index in [1.165, 1.54) is 38.1 Å². The fraction of sp³-hybridized carbons (Fsp3) is 0.480. The van der Waals surface area contributed by atoms with Gasteiger partial charge in [0, 0.05) is 32.4 Å². The molecule has 0 spiro atoms. The highest BCUT2D eigenvalue weighted by Crippen LogP contribution is 2.43. The molecular weight excluding hydrogens is 618 g/mol. The van der Waals surface area contributed by atoms with Gasteiger partial charge in [-0.3, -0.25) is 4.79 Å². The van der Waals surface area contributed by atoms with Gasteiger partial charge in [0.05, 0.1) is 0 Å². The average molecular weight is 642 g/mol. The van der Waals surface area contributed by atoms with Crippen LogP contribution in [0.2, 0.25) is 0 Å². The molecule has 2 aromatic carbocycles. The first-order valence-electron chi connectivity index (χ1n) is 11.5. The quantitative estimate of drug-likeness (QED) is 0.321. The van der Waals surface area contributed by atoms with Crippen molar-refractivity contribution in [2.75, 3.05) is 9.80 Å². The number of rotatable bonds is 4. The van der Waals surface area contributed by atoms with Crippen LogP contribution in [0, 0.1) is 0 Å². The SMILES string of the molecule is CC1CCc2cc(Br)ccc2N1C(C(=O)C(N1c2ccc(Br)cc2CCC1C)C(F)(F)F)C(F)(F)F. The number of halogens is 8. The van der Waals surface area contributed by atoms with Gasteiger partial charge < -0.3 is 9.80 Å². The molecule has 0 saturated carbocycles. The Morgan fingerprint density at radius 3 is 1.47 bits per heavy atom. The first-order valence-corrected chi connectivity index (χ1v) is 13.1. The fourth-order valence-corrected chi connectivity index (χ4v) is 6.16. The van der Waals surface area contributed by atoms with Gasteiger partial charge in [0.15, 0.2) is 17.9 Å².